The summed E-state index contributed by atoms with van der Waals surface area (Å²) in [5, 5.41) is 0. The molecule has 0 radical (unpaired) electrons. The molecule has 0 saturated heterocycles. The van der Waals surface area contributed by atoms with E-state index < -0.39 is 0 Å². The van der Waals surface area contributed by atoms with E-state index in [0.717, 1.165) is 82.3 Å². The minimum absolute atomic E-state index is 0.944. The highest BCUT2D eigenvalue weighted by atomic mass is 15.2. The number of allylic oxidation sites excluding steroid dienone is 4. The highest BCUT2D eigenvalue weighted by Gasteiger charge is 2.23. The van der Waals surface area contributed by atoms with E-state index in [1.54, 1.807) is 0 Å². The van der Waals surface area contributed by atoms with Crippen molar-refractivity contribution in [3.8, 4) is 11.1 Å². The second-order valence-corrected chi connectivity index (χ2v) is 29.8. The summed E-state index contributed by atoms with van der Waals surface area (Å²) in [6, 6.07) is 131. The van der Waals surface area contributed by atoms with Gasteiger partial charge in [0.1, 0.15) is 0 Å². The maximum atomic E-state index is 2.41. The Kier molecular flexibility index (Phi) is 27.2. The molecule has 0 bridgehead atoms. The van der Waals surface area contributed by atoms with Crippen LogP contribution in [0.5, 0.6) is 0 Å². The topological polar surface area (TPSA) is 13.0 Å². The first-order valence-corrected chi connectivity index (χ1v) is 41.5. The van der Waals surface area contributed by atoms with Crippen molar-refractivity contribution in [3.05, 3.63) is 477 Å². The van der Waals surface area contributed by atoms with Gasteiger partial charge in [-0.05, 0) is 251 Å². The van der Waals surface area contributed by atoms with Gasteiger partial charge in [-0.1, -0.05) is 368 Å². The number of hydrogen-bond donors (Lipinski definition) is 0. The lowest BCUT2D eigenvalue weighted by Crippen LogP contribution is -2.13. The maximum absolute atomic E-state index is 2.41. The molecule has 0 unspecified atom stereocenters. The summed E-state index contributed by atoms with van der Waals surface area (Å²) in [5.74, 6) is 0. The fourth-order valence-electron chi connectivity index (χ4n) is 15.5. The number of anilines is 12. The Morgan fingerprint density at radius 1 is 0.169 bits per heavy atom. The van der Waals surface area contributed by atoms with E-state index in [4.69, 9.17) is 0 Å². The van der Waals surface area contributed by atoms with Gasteiger partial charge in [0.25, 0.3) is 0 Å². The minimum Gasteiger partial charge on any atom is -0.310 e. The quantitative estimate of drug-likeness (QED) is 0.0376. The van der Waals surface area contributed by atoms with Gasteiger partial charge in [-0.3, -0.25) is 0 Å². The molecule has 15 aromatic rings. The van der Waals surface area contributed by atoms with Crippen LogP contribution in [0.4, 0.5) is 68.2 Å². The fourth-order valence-corrected chi connectivity index (χ4v) is 15.5. The lowest BCUT2D eigenvalue weighted by molar-refractivity contribution is 1.10. The molecular formula is C114H104N4. The van der Waals surface area contributed by atoms with Crippen molar-refractivity contribution in [3.63, 3.8) is 0 Å². The highest BCUT2D eigenvalue weighted by Crippen LogP contribution is 2.45. The molecular weight excluding hydrogens is 1430 g/mol. The molecule has 0 saturated carbocycles. The Bertz CT molecular complexity index is 5570. The second kappa shape index (κ2) is 39.8. The van der Waals surface area contributed by atoms with E-state index in [9.17, 15) is 0 Å². The molecule has 15 rings (SSSR count). The molecule has 0 spiro atoms. The van der Waals surface area contributed by atoms with Crippen molar-refractivity contribution in [2.75, 3.05) is 19.6 Å². The van der Waals surface area contributed by atoms with Crippen molar-refractivity contribution in [1.82, 2.24) is 0 Å². The molecule has 118 heavy (non-hydrogen) atoms. The summed E-state index contributed by atoms with van der Waals surface area (Å²) in [4.78, 5) is 9.60. The van der Waals surface area contributed by atoms with Gasteiger partial charge in [0, 0.05) is 45.5 Å². The number of hydrogen-bond acceptors (Lipinski definition) is 4. The smallest absolute Gasteiger partial charge is 0.0522 e. The summed E-state index contributed by atoms with van der Waals surface area (Å²) in [6.07, 6.45) is 29.6. The minimum atomic E-state index is 0.944. The van der Waals surface area contributed by atoms with E-state index in [2.05, 4.69) is 500 Å². The average molecular weight is 1530 g/mol. The summed E-state index contributed by atoms with van der Waals surface area (Å²) in [7, 11) is 0. The van der Waals surface area contributed by atoms with Gasteiger partial charge in [-0.2, -0.15) is 0 Å². The lowest BCUT2D eigenvalue weighted by Gasteiger charge is -2.30. The predicted octanol–water partition coefficient (Wildman–Crippen LogP) is 32.2. The molecule has 0 aromatic heterocycles. The van der Waals surface area contributed by atoms with Gasteiger partial charge in [-0.25, -0.2) is 0 Å². The molecule has 0 aliphatic heterocycles. The number of benzene rings is 15. The molecule has 0 atom stereocenters. The molecule has 0 N–H and O–H groups in total. The van der Waals surface area contributed by atoms with Crippen LogP contribution in [0, 0.1) is 27.7 Å². The van der Waals surface area contributed by atoms with Crippen molar-refractivity contribution in [2.45, 2.75) is 81.1 Å². The van der Waals surface area contributed by atoms with Gasteiger partial charge < -0.3 is 19.6 Å². The van der Waals surface area contributed by atoms with Crippen LogP contribution in [0.3, 0.4) is 0 Å². The zero-order valence-corrected chi connectivity index (χ0v) is 69.2. The van der Waals surface area contributed by atoms with E-state index >= 15 is 0 Å². The van der Waals surface area contributed by atoms with Crippen molar-refractivity contribution < 1.29 is 0 Å². The number of aryl methyl sites for hydroxylation is 8. The summed E-state index contributed by atoms with van der Waals surface area (Å²) < 4.78 is 0. The predicted molar refractivity (Wildman–Crippen MR) is 513 cm³/mol. The van der Waals surface area contributed by atoms with E-state index in [0.29, 0.717) is 0 Å². The summed E-state index contributed by atoms with van der Waals surface area (Å²) >= 11 is 0. The fraction of sp³-hybridized carbons (Fsp3) is 0.105. The van der Waals surface area contributed by atoms with Crippen LogP contribution in [0.25, 0.3) is 59.7 Å². The third kappa shape index (κ3) is 20.0. The molecule has 4 heteroatoms. The zero-order chi connectivity index (χ0) is 81.4. The molecule has 0 amide bonds. The van der Waals surface area contributed by atoms with Crippen molar-refractivity contribution in [2.24, 2.45) is 0 Å². The monoisotopic (exact) mass is 1530 g/mol. The number of rotatable bonds is 27. The van der Waals surface area contributed by atoms with Crippen LogP contribution in [-0.2, 0) is 25.7 Å². The third-order valence-corrected chi connectivity index (χ3v) is 21.8. The van der Waals surface area contributed by atoms with Crippen LogP contribution in [0.15, 0.2) is 388 Å². The van der Waals surface area contributed by atoms with E-state index in [1.807, 2.05) is 12.1 Å². The average Bonchev–Trinajstić information content (AvgIpc) is 0.789. The van der Waals surface area contributed by atoms with Gasteiger partial charge >= 0.3 is 0 Å². The van der Waals surface area contributed by atoms with Crippen LogP contribution in [0.1, 0.15) is 117 Å². The first-order chi connectivity index (χ1) is 58.0. The summed E-state index contributed by atoms with van der Waals surface area (Å²) in [6.45, 7) is 17.8. The van der Waals surface area contributed by atoms with Crippen LogP contribution in [0.2, 0.25) is 0 Å². The zero-order valence-electron chi connectivity index (χ0n) is 69.2. The number of nitrogens with zero attached hydrogens (tertiary/aromatic N) is 4. The van der Waals surface area contributed by atoms with E-state index in [-0.39, 0.29) is 0 Å². The SMILES string of the molecule is CCc1cccc(C)c1N(c1ccc(/C=C/C=C/c2ccccc2)cc1)c1ccc(-c2ccc(N(c3ccc(/C=C/C=C/c4ccccc4)cc3)c3c(C)cccc3CC)cc2)cc1.CCc1cccc(C)c1N(c1ccccc1)c1ccc(/C=C/c2ccc(/C=C/c3ccc(N(c4ccccc4)c4c(C)cccc4CC)cc3)cc2)cc1. The van der Waals surface area contributed by atoms with Gasteiger partial charge in [-0.15, -0.1) is 0 Å². The normalized spacial score (nSPS) is 11.5. The molecule has 4 nitrogen and oxygen atoms in total. The molecule has 0 aliphatic carbocycles. The second-order valence-electron chi connectivity index (χ2n) is 29.8. The van der Waals surface area contributed by atoms with Gasteiger partial charge in [0.05, 0.1) is 22.7 Å². The molecule has 580 valence electrons. The Hall–Kier alpha value is -14.1. The first kappa shape index (κ1) is 80.5. The van der Waals surface area contributed by atoms with Crippen molar-refractivity contribution >= 4 is 117 Å². The van der Waals surface area contributed by atoms with Gasteiger partial charge in [0.15, 0.2) is 0 Å². The number of para-hydroxylation sites is 6. The van der Waals surface area contributed by atoms with Crippen LogP contribution >= 0.6 is 0 Å². The van der Waals surface area contributed by atoms with Crippen LogP contribution in [-0.4, -0.2) is 0 Å². The van der Waals surface area contributed by atoms with Crippen LogP contribution < -0.4 is 19.6 Å². The highest BCUT2D eigenvalue weighted by molar-refractivity contribution is 5.87. The molecule has 0 fully saturated rings. The Labute approximate surface area is 701 Å². The molecule has 0 aliphatic rings. The Balaban J connectivity index is 0.000000197. The maximum Gasteiger partial charge on any atom is 0.0522 e. The molecule has 15 aromatic carbocycles. The largest absolute Gasteiger partial charge is 0.310 e. The van der Waals surface area contributed by atoms with Crippen molar-refractivity contribution in [1.29, 1.82) is 0 Å². The van der Waals surface area contributed by atoms with E-state index in [1.165, 1.54) is 112 Å². The third-order valence-electron chi connectivity index (χ3n) is 21.8. The van der Waals surface area contributed by atoms with Gasteiger partial charge in [0.2, 0.25) is 0 Å². The Morgan fingerprint density at radius 3 is 0.568 bits per heavy atom. The Morgan fingerprint density at radius 2 is 0.347 bits per heavy atom. The summed E-state index contributed by atoms with van der Waals surface area (Å²) in [5.41, 5.74) is 36.2. The standard InChI is InChI=1S/C62H56N2.C52H48N2/c1-5-53-29-17-19-47(3)61(53)63(57-39-31-51(32-40-57)27-15-13-25-49-21-9-7-10-22-49)59-43-35-55(36-44-59)56-37-45-60(46-38-56)64(62-48(4)20-18-30-54(62)6-2)58-41-33-52(34-42-58)28-16-14-26-50-23-11-8-12-24-50;1-5-45-17-13-15-39(3)51(45)53(47-19-9-7-10-20-47)49-35-31-43(32-36-49)29-27-41-23-25-42(26-24-41)28-30-44-33-37-50(38-34-44)54(48-21-11-8-12-22-48)52-40(4)16-14-18-46(52)6-2/h7-46H,5-6H2,1-4H3;7-38H,5-6H2,1-4H3/b25-13+,26-14+,27-15+,28-16+;29-27+,30-28+. The lowest BCUT2D eigenvalue weighted by atomic mass is 10.0. The first-order valence-electron chi connectivity index (χ1n) is 41.5. The molecule has 0 heterocycles.